The highest BCUT2D eigenvalue weighted by atomic mass is 16.5. The highest BCUT2D eigenvalue weighted by molar-refractivity contribution is 5.87. The molecule has 2 rings (SSSR count). The van der Waals surface area contributed by atoms with Crippen molar-refractivity contribution in [2.75, 3.05) is 13.7 Å². The number of aliphatic hydroxyl groups is 2. The number of esters is 1. The molecule has 0 saturated heterocycles. The summed E-state index contributed by atoms with van der Waals surface area (Å²) in [5, 5.41) is 22.8. The van der Waals surface area contributed by atoms with Crippen molar-refractivity contribution in [2.45, 2.75) is 25.2 Å². The van der Waals surface area contributed by atoms with Crippen LogP contribution in [0.3, 0.4) is 0 Å². The first kappa shape index (κ1) is 20.3. The Morgan fingerprint density at radius 3 is 2.63 bits per heavy atom. The summed E-state index contributed by atoms with van der Waals surface area (Å²) in [6, 6.07) is 12.1. The Morgan fingerprint density at radius 1 is 1.19 bits per heavy atom. The van der Waals surface area contributed by atoms with Gasteiger partial charge in [0.25, 0.3) is 0 Å². The van der Waals surface area contributed by atoms with Crippen molar-refractivity contribution < 1.29 is 29.3 Å². The van der Waals surface area contributed by atoms with Crippen LogP contribution in [-0.4, -0.2) is 47.0 Å². The molecule has 1 aromatic heterocycles. The molecule has 8 heteroatoms. The molecule has 1 amide bonds. The van der Waals surface area contributed by atoms with E-state index in [1.165, 1.54) is 25.4 Å². The van der Waals surface area contributed by atoms with Gasteiger partial charge in [-0.1, -0.05) is 30.3 Å². The lowest BCUT2D eigenvalue weighted by atomic mass is 10.0. The van der Waals surface area contributed by atoms with Gasteiger partial charge < -0.3 is 25.0 Å². The van der Waals surface area contributed by atoms with Gasteiger partial charge in [0.1, 0.15) is 18.4 Å². The van der Waals surface area contributed by atoms with Crippen LogP contribution in [-0.2, 0) is 16.1 Å². The monoisotopic (exact) mass is 374 g/mol. The van der Waals surface area contributed by atoms with Crippen LogP contribution < -0.4 is 5.32 Å². The van der Waals surface area contributed by atoms with E-state index < -0.39 is 24.3 Å². The summed E-state index contributed by atoms with van der Waals surface area (Å²) in [6.45, 7) is 0.256. The second kappa shape index (κ2) is 10.2. The van der Waals surface area contributed by atoms with E-state index in [0.717, 1.165) is 5.56 Å². The van der Waals surface area contributed by atoms with Crippen LogP contribution in [0, 0.1) is 0 Å². The summed E-state index contributed by atoms with van der Waals surface area (Å²) in [4.78, 5) is 27.0. The lowest BCUT2D eigenvalue weighted by Crippen LogP contribution is -2.29. The molecule has 8 nitrogen and oxygen atoms in total. The number of carbonyl (C=O) groups is 2. The number of aliphatic hydroxyl groups excluding tert-OH is 2. The van der Waals surface area contributed by atoms with Gasteiger partial charge in [0, 0.05) is 12.7 Å². The van der Waals surface area contributed by atoms with Gasteiger partial charge in [-0.15, -0.1) is 0 Å². The third-order valence-electron chi connectivity index (χ3n) is 3.81. The van der Waals surface area contributed by atoms with Crippen molar-refractivity contribution in [3.63, 3.8) is 0 Å². The zero-order chi connectivity index (χ0) is 19.6. The lowest BCUT2D eigenvalue weighted by Gasteiger charge is -2.18. The number of benzene rings is 1. The predicted octanol–water partition coefficient (Wildman–Crippen LogP) is 1.58. The van der Waals surface area contributed by atoms with Gasteiger partial charge in [-0.25, -0.2) is 14.6 Å². The molecular formula is C19H22N2O6. The summed E-state index contributed by atoms with van der Waals surface area (Å²) in [7, 11) is 1.23. The Balaban J connectivity index is 1.77. The van der Waals surface area contributed by atoms with E-state index in [-0.39, 0.29) is 25.3 Å². The fourth-order valence-corrected chi connectivity index (χ4v) is 2.32. The third kappa shape index (κ3) is 6.36. The smallest absolute Gasteiger partial charge is 0.407 e. The van der Waals surface area contributed by atoms with E-state index >= 15 is 0 Å². The summed E-state index contributed by atoms with van der Waals surface area (Å²) >= 11 is 0. The van der Waals surface area contributed by atoms with E-state index in [1.807, 2.05) is 30.3 Å². The molecule has 0 spiro atoms. The Bertz CT molecular complexity index is 753. The summed E-state index contributed by atoms with van der Waals surface area (Å²) in [6.07, 6.45) is -1.56. The second-order valence-corrected chi connectivity index (χ2v) is 5.76. The van der Waals surface area contributed by atoms with Crippen molar-refractivity contribution in [2.24, 2.45) is 0 Å². The number of rotatable bonds is 8. The van der Waals surface area contributed by atoms with Crippen LogP contribution in [0.5, 0.6) is 0 Å². The molecule has 1 heterocycles. The Hall–Kier alpha value is -2.97. The van der Waals surface area contributed by atoms with E-state index in [9.17, 15) is 19.8 Å². The van der Waals surface area contributed by atoms with Gasteiger partial charge in [-0.2, -0.15) is 0 Å². The fourth-order valence-electron chi connectivity index (χ4n) is 2.32. The molecule has 0 saturated carbocycles. The van der Waals surface area contributed by atoms with E-state index in [4.69, 9.17) is 4.74 Å². The minimum Gasteiger partial charge on any atom is -0.464 e. The van der Waals surface area contributed by atoms with Crippen LogP contribution in [0.2, 0.25) is 0 Å². The van der Waals surface area contributed by atoms with Crippen molar-refractivity contribution in [3.8, 4) is 0 Å². The van der Waals surface area contributed by atoms with Crippen LogP contribution in [0.15, 0.2) is 48.7 Å². The van der Waals surface area contributed by atoms with E-state index in [0.29, 0.717) is 5.56 Å². The molecular weight excluding hydrogens is 352 g/mol. The molecule has 2 aromatic rings. The standard InChI is InChI=1S/C19H22N2O6/c1-26-18(24)15-11-14(7-9-20-15)17(23)16(22)8-10-21-19(25)27-12-13-5-3-2-4-6-13/h2-7,9,11,16-17,22-23H,8,10,12H2,1H3,(H,21,25). The molecule has 0 aliphatic rings. The number of aromatic nitrogens is 1. The molecule has 1 aromatic carbocycles. The zero-order valence-electron chi connectivity index (χ0n) is 14.9. The van der Waals surface area contributed by atoms with Crippen molar-refractivity contribution in [1.82, 2.24) is 10.3 Å². The highest BCUT2D eigenvalue weighted by Crippen LogP contribution is 2.19. The highest BCUT2D eigenvalue weighted by Gasteiger charge is 2.20. The molecule has 0 aliphatic carbocycles. The molecule has 144 valence electrons. The number of alkyl carbamates (subject to hydrolysis) is 1. The normalized spacial score (nSPS) is 12.7. The molecule has 3 N–H and O–H groups in total. The Morgan fingerprint density at radius 2 is 1.93 bits per heavy atom. The van der Waals surface area contributed by atoms with Crippen LogP contribution in [0.25, 0.3) is 0 Å². The molecule has 0 radical (unpaired) electrons. The number of ether oxygens (including phenoxy) is 2. The number of hydrogen-bond acceptors (Lipinski definition) is 7. The molecule has 2 atom stereocenters. The SMILES string of the molecule is COC(=O)c1cc(C(O)C(O)CCNC(=O)OCc2ccccc2)ccn1. The van der Waals surface area contributed by atoms with E-state index in [2.05, 4.69) is 15.0 Å². The maximum absolute atomic E-state index is 11.7. The number of pyridine rings is 1. The van der Waals surface area contributed by atoms with Crippen LogP contribution >= 0.6 is 0 Å². The number of hydrogen-bond donors (Lipinski definition) is 3. The largest absolute Gasteiger partial charge is 0.464 e. The van der Waals surface area contributed by atoms with Crippen molar-refractivity contribution in [1.29, 1.82) is 0 Å². The van der Waals surface area contributed by atoms with Crippen molar-refractivity contribution >= 4 is 12.1 Å². The fraction of sp³-hybridized carbons (Fsp3) is 0.316. The van der Waals surface area contributed by atoms with E-state index in [1.54, 1.807) is 0 Å². The third-order valence-corrected chi connectivity index (χ3v) is 3.81. The number of amides is 1. The predicted molar refractivity (Wildman–Crippen MR) is 95.8 cm³/mol. The molecule has 0 fully saturated rings. The molecule has 27 heavy (non-hydrogen) atoms. The van der Waals surface area contributed by atoms with Gasteiger partial charge in [-0.05, 0) is 29.7 Å². The molecule has 2 unspecified atom stereocenters. The first-order valence-corrected chi connectivity index (χ1v) is 8.36. The van der Waals surface area contributed by atoms with Gasteiger partial charge >= 0.3 is 12.1 Å². The first-order chi connectivity index (χ1) is 13.0. The van der Waals surface area contributed by atoms with Crippen LogP contribution in [0.1, 0.15) is 34.1 Å². The average molecular weight is 374 g/mol. The number of nitrogens with one attached hydrogen (secondary N) is 1. The zero-order valence-corrected chi connectivity index (χ0v) is 14.9. The average Bonchev–Trinajstić information content (AvgIpc) is 2.71. The summed E-state index contributed by atoms with van der Waals surface area (Å²) < 4.78 is 9.63. The van der Waals surface area contributed by atoms with Crippen molar-refractivity contribution in [3.05, 3.63) is 65.5 Å². The quantitative estimate of drug-likeness (QED) is 0.600. The van der Waals surface area contributed by atoms with Gasteiger partial charge in [0.05, 0.1) is 13.2 Å². The second-order valence-electron chi connectivity index (χ2n) is 5.76. The topological polar surface area (TPSA) is 118 Å². The van der Waals surface area contributed by atoms with Crippen LogP contribution in [0.4, 0.5) is 4.79 Å². The number of carbonyl (C=O) groups excluding carboxylic acids is 2. The lowest BCUT2D eigenvalue weighted by molar-refractivity contribution is 0.0135. The summed E-state index contributed by atoms with van der Waals surface area (Å²) in [5.41, 5.74) is 1.22. The number of methoxy groups -OCH3 is 1. The maximum atomic E-state index is 11.7. The van der Waals surface area contributed by atoms with Gasteiger partial charge in [0.15, 0.2) is 0 Å². The van der Waals surface area contributed by atoms with Gasteiger partial charge in [0.2, 0.25) is 0 Å². The first-order valence-electron chi connectivity index (χ1n) is 8.36. The Labute approximate surface area is 156 Å². The molecule has 0 aliphatic heterocycles. The summed E-state index contributed by atoms with van der Waals surface area (Å²) in [5.74, 6) is -0.638. The van der Waals surface area contributed by atoms with Gasteiger partial charge in [-0.3, -0.25) is 0 Å². The number of nitrogens with zero attached hydrogens (tertiary/aromatic N) is 1. The minimum atomic E-state index is -1.24. The molecule has 0 bridgehead atoms. The Kier molecular flexibility index (Phi) is 7.72. The minimum absolute atomic E-state index is 0.0314. The maximum Gasteiger partial charge on any atom is 0.407 e.